The molecule has 1 heterocycles. The van der Waals surface area contributed by atoms with Crippen LogP contribution in [0, 0.1) is 5.92 Å². The fourth-order valence-corrected chi connectivity index (χ4v) is 5.42. The van der Waals surface area contributed by atoms with Crippen LogP contribution in [0.15, 0.2) is 24.3 Å². The fraction of sp³-hybridized carbons (Fsp3) is 0.600. The molecule has 0 aromatic heterocycles. The quantitative estimate of drug-likeness (QED) is 0.500. The Morgan fingerprint density at radius 1 is 1.24 bits per heavy atom. The van der Waals surface area contributed by atoms with E-state index in [1.54, 1.807) is 12.1 Å². The summed E-state index contributed by atoms with van der Waals surface area (Å²) >= 11 is 0. The van der Waals surface area contributed by atoms with Crippen LogP contribution in [-0.4, -0.2) is 78.8 Å². The molecule has 1 saturated heterocycles. The highest BCUT2D eigenvalue weighted by Gasteiger charge is 2.48. The Morgan fingerprint density at radius 2 is 1.82 bits per heavy atom. The van der Waals surface area contributed by atoms with E-state index < -0.39 is 76.1 Å². The van der Waals surface area contributed by atoms with Gasteiger partial charge in [-0.15, -0.1) is 0 Å². The summed E-state index contributed by atoms with van der Waals surface area (Å²) in [5.41, 5.74) is 0.429. The lowest BCUT2D eigenvalue weighted by atomic mass is 9.97. The van der Waals surface area contributed by atoms with Gasteiger partial charge in [0.1, 0.15) is 11.8 Å². The molecule has 0 radical (unpaired) electrons. The van der Waals surface area contributed by atoms with Crippen molar-refractivity contribution < 1.29 is 46.1 Å². The van der Waals surface area contributed by atoms with Gasteiger partial charge in [-0.2, -0.15) is 13.2 Å². The zero-order chi connectivity index (χ0) is 25.1. The zero-order valence-electron chi connectivity index (χ0n) is 18.2. The number of sulfone groups is 1. The summed E-state index contributed by atoms with van der Waals surface area (Å²) in [5.74, 6) is -1.82. The second-order valence-electron chi connectivity index (χ2n) is 8.23. The van der Waals surface area contributed by atoms with E-state index >= 15 is 0 Å². The lowest BCUT2D eigenvalue weighted by Gasteiger charge is -2.31. The lowest BCUT2D eigenvalue weighted by molar-refractivity contribution is -0.215. The minimum Gasteiger partial charge on any atom is -0.497 e. The average molecular weight is 497 g/mol. The maximum atomic E-state index is 13.0. The number of nitrogens with zero attached hydrogens (tertiary/aromatic N) is 1. The summed E-state index contributed by atoms with van der Waals surface area (Å²) in [5, 5.41) is 19.9. The van der Waals surface area contributed by atoms with E-state index in [0.29, 0.717) is 16.2 Å². The Labute approximate surface area is 189 Å². The van der Waals surface area contributed by atoms with Crippen LogP contribution in [-0.2, 0) is 20.4 Å². The molecule has 1 aliphatic rings. The van der Waals surface area contributed by atoms with Crippen molar-refractivity contribution in [1.82, 2.24) is 10.2 Å². The minimum absolute atomic E-state index is 0.412. The van der Waals surface area contributed by atoms with Gasteiger partial charge in [-0.05, 0) is 30.0 Å². The minimum atomic E-state index is -5.01. The summed E-state index contributed by atoms with van der Waals surface area (Å²) < 4.78 is 69.7. The molecule has 3 N–H and O–H groups in total. The van der Waals surface area contributed by atoms with Crippen LogP contribution in [0.4, 0.5) is 18.0 Å². The Morgan fingerprint density at radius 3 is 2.27 bits per heavy atom. The number of hydrogen-bond donors (Lipinski definition) is 3. The fourth-order valence-electron chi connectivity index (χ4n) is 3.66. The van der Waals surface area contributed by atoms with Gasteiger partial charge in [0.05, 0.1) is 24.2 Å². The van der Waals surface area contributed by atoms with Gasteiger partial charge in [-0.1, -0.05) is 26.0 Å². The molecule has 186 valence electrons. The van der Waals surface area contributed by atoms with Crippen LogP contribution in [0.5, 0.6) is 5.75 Å². The number of carboxylic acid groups (broad SMARTS) is 1. The highest BCUT2D eigenvalue weighted by atomic mass is 32.2. The summed E-state index contributed by atoms with van der Waals surface area (Å²) in [7, 11) is -2.45. The molecule has 9 nitrogen and oxygen atoms in total. The number of carbonyl (C=O) groups excluding carboxylic acids is 1. The Balaban J connectivity index is 2.20. The van der Waals surface area contributed by atoms with E-state index in [9.17, 15) is 41.4 Å². The normalized spacial score (nSPS) is 21.0. The largest absolute Gasteiger partial charge is 0.497 e. The van der Waals surface area contributed by atoms with Crippen molar-refractivity contribution in [2.24, 2.45) is 5.92 Å². The maximum Gasteiger partial charge on any atom is 0.416 e. The van der Waals surface area contributed by atoms with E-state index in [0.717, 1.165) is 0 Å². The molecular formula is C20H27F3N2O7S. The molecular weight excluding hydrogens is 469 g/mol. The van der Waals surface area contributed by atoms with Crippen LogP contribution >= 0.6 is 0 Å². The monoisotopic (exact) mass is 496 g/mol. The SMILES string of the molecule is COc1ccc(CS(=O)(=O)[C@@H]2C[C@@H](C(=O)N[C@@H](C(C)C)[C@H](O)C(F)(F)F)N(C(=O)O)C2)cc1. The van der Waals surface area contributed by atoms with Crippen molar-refractivity contribution in [1.29, 1.82) is 0 Å². The smallest absolute Gasteiger partial charge is 0.416 e. The number of carbonyl (C=O) groups is 2. The number of halogens is 3. The van der Waals surface area contributed by atoms with Gasteiger partial charge in [-0.3, -0.25) is 9.69 Å². The summed E-state index contributed by atoms with van der Waals surface area (Å²) in [6.07, 6.45) is -9.86. The highest BCUT2D eigenvalue weighted by molar-refractivity contribution is 7.91. The van der Waals surface area contributed by atoms with Crippen molar-refractivity contribution in [3.05, 3.63) is 29.8 Å². The van der Waals surface area contributed by atoms with Gasteiger partial charge in [0.15, 0.2) is 15.9 Å². The third kappa shape index (κ3) is 6.50. The first-order chi connectivity index (χ1) is 15.2. The summed E-state index contributed by atoms with van der Waals surface area (Å²) in [4.78, 5) is 24.9. The first-order valence-corrected chi connectivity index (χ1v) is 11.8. The van der Waals surface area contributed by atoms with Crippen LogP contribution in [0.1, 0.15) is 25.8 Å². The van der Waals surface area contributed by atoms with Crippen molar-refractivity contribution >= 4 is 21.8 Å². The van der Waals surface area contributed by atoms with E-state index in [1.807, 2.05) is 0 Å². The van der Waals surface area contributed by atoms with Crippen LogP contribution < -0.4 is 10.1 Å². The van der Waals surface area contributed by atoms with Crippen LogP contribution in [0.3, 0.4) is 0 Å². The van der Waals surface area contributed by atoms with Gasteiger partial charge in [0.2, 0.25) is 5.91 Å². The molecule has 0 bridgehead atoms. The predicted molar refractivity (Wildman–Crippen MR) is 111 cm³/mol. The molecule has 0 spiro atoms. The number of methoxy groups -OCH3 is 1. The Hall–Kier alpha value is -2.54. The molecule has 1 aromatic rings. The predicted octanol–water partition coefficient (Wildman–Crippen LogP) is 1.79. The van der Waals surface area contributed by atoms with Crippen LogP contribution in [0.25, 0.3) is 0 Å². The van der Waals surface area contributed by atoms with Gasteiger partial charge >= 0.3 is 12.3 Å². The molecule has 0 saturated carbocycles. The van der Waals surface area contributed by atoms with Gasteiger partial charge < -0.3 is 20.3 Å². The first-order valence-electron chi connectivity index (χ1n) is 10.1. The molecule has 1 fully saturated rings. The van der Waals surface area contributed by atoms with Gasteiger partial charge in [0, 0.05) is 6.54 Å². The number of likely N-dealkylation sites (tertiary alicyclic amines) is 1. The number of aliphatic hydroxyl groups is 1. The number of amides is 2. The van der Waals surface area contributed by atoms with Gasteiger partial charge in [0.25, 0.3) is 0 Å². The molecule has 2 amide bonds. The topological polar surface area (TPSA) is 133 Å². The number of alkyl halides is 3. The Kier molecular flexibility index (Phi) is 8.22. The van der Waals surface area contributed by atoms with E-state index in [2.05, 4.69) is 5.32 Å². The number of benzene rings is 1. The summed E-state index contributed by atoms with van der Waals surface area (Å²) in [6.45, 7) is 2.21. The molecule has 0 aliphatic carbocycles. The average Bonchev–Trinajstić information content (AvgIpc) is 3.18. The van der Waals surface area contributed by atoms with Crippen molar-refractivity contribution in [3.8, 4) is 5.75 Å². The lowest BCUT2D eigenvalue weighted by Crippen LogP contribution is -2.56. The molecule has 0 unspecified atom stereocenters. The summed E-state index contributed by atoms with van der Waals surface area (Å²) in [6, 6.07) is 2.96. The van der Waals surface area contributed by atoms with Gasteiger partial charge in [-0.25, -0.2) is 13.2 Å². The number of nitrogens with one attached hydrogen (secondary N) is 1. The number of hydrogen-bond acceptors (Lipinski definition) is 6. The molecule has 4 atom stereocenters. The standard InChI is InChI=1S/C20H27F3N2O7S/c1-11(2)16(17(26)20(21,22)23)24-18(27)15-8-14(9-25(15)19(28)29)33(30,31)10-12-4-6-13(32-3)7-5-12/h4-7,11,14-17,26H,8-10H2,1-3H3,(H,24,27)(H,28,29)/t14-,15+,16+,17+/m1/s1. The van der Waals surface area contributed by atoms with E-state index in [1.165, 1.54) is 33.1 Å². The molecule has 13 heteroatoms. The van der Waals surface area contributed by atoms with Crippen molar-refractivity contribution in [2.45, 2.75) is 55.6 Å². The Bertz CT molecular complexity index is 951. The molecule has 33 heavy (non-hydrogen) atoms. The third-order valence-corrected chi connectivity index (χ3v) is 7.64. The van der Waals surface area contributed by atoms with Crippen molar-refractivity contribution in [2.75, 3.05) is 13.7 Å². The van der Waals surface area contributed by atoms with E-state index in [-0.39, 0.29) is 0 Å². The van der Waals surface area contributed by atoms with Crippen molar-refractivity contribution in [3.63, 3.8) is 0 Å². The van der Waals surface area contributed by atoms with E-state index in [4.69, 9.17) is 4.74 Å². The maximum absolute atomic E-state index is 13.0. The molecule has 1 aromatic carbocycles. The number of rotatable bonds is 8. The molecule has 1 aliphatic heterocycles. The molecule has 2 rings (SSSR count). The zero-order valence-corrected chi connectivity index (χ0v) is 19.1. The first kappa shape index (κ1) is 26.7. The second kappa shape index (κ2) is 10.2. The third-order valence-electron chi connectivity index (χ3n) is 5.55. The van der Waals surface area contributed by atoms with Crippen LogP contribution in [0.2, 0.25) is 0 Å². The number of ether oxygens (including phenoxy) is 1. The highest BCUT2D eigenvalue weighted by Crippen LogP contribution is 2.29. The number of aliphatic hydroxyl groups excluding tert-OH is 1. The second-order valence-corrected chi connectivity index (χ2v) is 10.5.